The van der Waals surface area contributed by atoms with E-state index in [1.165, 1.54) is 0 Å². The third-order valence-corrected chi connectivity index (χ3v) is 2.25. The zero-order chi connectivity index (χ0) is 12.7. The topological polar surface area (TPSA) is 73.6 Å². The summed E-state index contributed by atoms with van der Waals surface area (Å²) >= 11 is 5.84. The molecule has 0 saturated heterocycles. The first-order valence-corrected chi connectivity index (χ1v) is 5.48. The van der Waals surface area contributed by atoms with Crippen LogP contribution in [0.1, 0.15) is 5.56 Å². The minimum absolute atomic E-state index is 0.0974. The molecular formula is C11H15ClN2O3. The third kappa shape index (κ3) is 4.50. The van der Waals surface area contributed by atoms with Gasteiger partial charge in [-0.2, -0.15) is 0 Å². The summed E-state index contributed by atoms with van der Waals surface area (Å²) < 4.78 is 10.1. The van der Waals surface area contributed by atoms with E-state index in [2.05, 4.69) is 5.32 Å². The number of amides is 1. The summed E-state index contributed by atoms with van der Waals surface area (Å²) in [6.45, 7) is 0.848. The molecule has 0 unspecified atom stereocenters. The molecule has 0 atom stereocenters. The van der Waals surface area contributed by atoms with Crippen molar-refractivity contribution in [1.82, 2.24) is 5.32 Å². The smallest absolute Gasteiger partial charge is 0.407 e. The van der Waals surface area contributed by atoms with Crippen LogP contribution >= 0.6 is 11.6 Å². The Kier molecular flexibility index (Phi) is 5.59. The zero-order valence-corrected chi connectivity index (χ0v) is 10.3. The van der Waals surface area contributed by atoms with E-state index < -0.39 is 6.09 Å². The maximum Gasteiger partial charge on any atom is 0.407 e. The Labute approximate surface area is 105 Å². The highest BCUT2D eigenvalue weighted by Gasteiger charge is 2.07. The number of halogens is 1. The van der Waals surface area contributed by atoms with Gasteiger partial charge in [-0.05, 0) is 18.2 Å². The number of hydrogen-bond donors (Lipinski definition) is 2. The maximum absolute atomic E-state index is 11.2. The molecule has 0 aromatic heterocycles. The van der Waals surface area contributed by atoms with E-state index in [1.807, 2.05) is 0 Å². The number of carbonyl (C=O) groups excluding carboxylic acids is 1. The number of methoxy groups -OCH3 is 1. The van der Waals surface area contributed by atoms with Gasteiger partial charge in [0.25, 0.3) is 0 Å². The predicted molar refractivity (Wildman–Crippen MR) is 65.2 cm³/mol. The Balaban J connectivity index is 2.56. The van der Waals surface area contributed by atoms with Gasteiger partial charge in [0.2, 0.25) is 0 Å². The van der Waals surface area contributed by atoms with E-state index in [9.17, 15) is 4.79 Å². The Morgan fingerprint density at radius 3 is 2.94 bits per heavy atom. The van der Waals surface area contributed by atoms with Crippen molar-refractivity contribution in [2.45, 2.75) is 6.61 Å². The second-order valence-electron chi connectivity index (χ2n) is 3.25. The number of hydrogen-bond acceptors (Lipinski definition) is 4. The highest BCUT2D eigenvalue weighted by atomic mass is 35.5. The molecule has 3 N–H and O–H groups in total. The molecule has 0 radical (unpaired) electrons. The van der Waals surface area contributed by atoms with E-state index in [0.29, 0.717) is 29.4 Å². The Bertz CT molecular complexity index is 385. The van der Waals surface area contributed by atoms with Gasteiger partial charge in [0.1, 0.15) is 12.4 Å². The first kappa shape index (κ1) is 13.6. The molecule has 1 rings (SSSR count). The van der Waals surface area contributed by atoms with Crippen LogP contribution in [0.25, 0.3) is 0 Å². The number of benzene rings is 1. The lowest BCUT2D eigenvalue weighted by atomic mass is 10.2. The fourth-order valence-electron chi connectivity index (χ4n) is 1.23. The quantitative estimate of drug-likeness (QED) is 0.840. The number of carbonyl (C=O) groups is 1. The molecule has 1 aromatic rings. The summed E-state index contributed by atoms with van der Waals surface area (Å²) in [4.78, 5) is 11.2. The van der Waals surface area contributed by atoms with Crippen LogP contribution in [-0.2, 0) is 11.3 Å². The molecule has 1 aromatic carbocycles. The number of alkyl carbamates (subject to hydrolysis) is 1. The fraction of sp³-hybridized carbons (Fsp3) is 0.364. The molecular weight excluding hydrogens is 244 g/mol. The van der Waals surface area contributed by atoms with E-state index in [0.717, 1.165) is 0 Å². The van der Waals surface area contributed by atoms with Gasteiger partial charge in [-0.15, -0.1) is 0 Å². The van der Waals surface area contributed by atoms with Gasteiger partial charge in [0.15, 0.2) is 0 Å². The van der Waals surface area contributed by atoms with Crippen LogP contribution in [0, 0.1) is 0 Å². The number of nitrogens with two attached hydrogens (primary N) is 1. The fourth-order valence-corrected chi connectivity index (χ4v) is 1.42. The lowest BCUT2D eigenvalue weighted by Crippen LogP contribution is -2.29. The van der Waals surface area contributed by atoms with E-state index in [4.69, 9.17) is 26.8 Å². The number of nitrogens with one attached hydrogen (secondary N) is 1. The van der Waals surface area contributed by atoms with Gasteiger partial charge in [-0.25, -0.2) is 4.79 Å². The molecule has 0 heterocycles. The Morgan fingerprint density at radius 2 is 2.29 bits per heavy atom. The van der Waals surface area contributed by atoms with Gasteiger partial charge < -0.3 is 20.5 Å². The van der Waals surface area contributed by atoms with Crippen molar-refractivity contribution in [1.29, 1.82) is 0 Å². The molecule has 0 aliphatic rings. The van der Waals surface area contributed by atoms with Crippen LogP contribution in [0.2, 0.25) is 5.02 Å². The molecule has 6 heteroatoms. The lowest BCUT2D eigenvalue weighted by Gasteiger charge is -2.10. The lowest BCUT2D eigenvalue weighted by molar-refractivity contribution is 0.139. The third-order valence-electron chi connectivity index (χ3n) is 2.01. The van der Waals surface area contributed by atoms with Crippen LogP contribution in [0.5, 0.6) is 5.75 Å². The van der Waals surface area contributed by atoms with Crippen LogP contribution in [-0.4, -0.2) is 26.3 Å². The van der Waals surface area contributed by atoms with E-state index >= 15 is 0 Å². The summed E-state index contributed by atoms with van der Waals surface area (Å²) in [5.74, 6) is 0.626. The summed E-state index contributed by atoms with van der Waals surface area (Å²) in [5, 5.41) is 3.06. The number of rotatable bonds is 5. The maximum atomic E-state index is 11.2. The van der Waals surface area contributed by atoms with E-state index in [1.54, 1.807) is 25.3 Å². The summed E-state index contributed by atoms with van der Waals surface area (Å²) in [6, 6.07) is 5.12. The van der Waals surface area contributed by atoms with Crippen molar-refractivity contribution < 1.29 is 14.3 Å². The molecule has 1 amide bonds. The molecule has 17 heavy (non-hydrogen) atoms. The van der Waals surface area contributed by atoms with Crippen LogP contribution in [0.15, 0.2) is 18.2 Å². The van der Waals surface area contributed by atoms with Gasteiger partial charge in [0, 0.05) is 23.7 Å². The molecule has 0 bridgehead atoms. The van der Waals surface area contributed by atoms with Gasteiger partial charge >= 0.3 is 6.09 Å². The molecule has 0 fully saturated rings. The van der Waals surface area contributed by atoms with Gasteiger partial charge in [-0.1, -0.05) is 11.6 Å². The van der Waals surface area contributed by atoms with Crippen molar-refractivity contribution in [3.05, 3.63) is 28.8 Å². The standard InChI is InChI=1S/C11H15ClN2O3/c1-16-10-3-2-9(12)6-8(10)7-17-11(15)14-5-4-13/h2-3,6H,4-5,7,13H2,1H3,(H,14,15). The highest BCUT2D eigenvalue weighted by molar-refractivity contribution is 6.30. The minimum Gasteiger partial charge on any atom is -0.496 e. The zero-order valence-electron chi connectivity index (χ0n) is 9.53. The average Bonchev–Trinajstić information content (AvgIpc) is 2.34. The average molecular weight is 259 g/mol. The summed E-state index contributed by atoms with van der Waals surface area (Å²) in [6.07, 6.45) is -0.516. The molecule has 0 saturated carbocycles. The number of ether oxygens (including phenoxy) is 2. The first-order chi connectivity index (χ1) is 8.17. The van der Waals surface area contributed by atoms with Crippen LogP contribution in [0.3, 0.4) is 0 Å². The first-order valence-electron chi connectivity index (χ1n) is 5.10. The minimum atomic E-state index is -0.516. The van der Waals surface area contributed by atoms with Gasteiger partial charge in [0.05, 0.1) is 7.11 Å². The van der Waals surface area contributed by atoms with Crippen LogP contribution < -0.4 is 15.8 Å². The molecule has 0 spiro atoms. The SMILES string of the molecule is COc1ccc(Cl)cc1COC(=O)NCCN. The summed E-state index contributed by atoms with van der Waals surface area (Å²) in [5.41, 5.74) is 5.95. The second kappa shape index (κ2) is 6.98. The Morgan fingerprint density at radius 1 is 1.53 bits per heavy atom. The molecule has 5 nitrogen and oxygen atoms in total. The normalized spacial score (nSPS) is 9.82. The predicted octanol–water partition coefficient (Wildman–Crippen LogP) is 1.53. The highest BCUT2D eigenvalue weighted by Crippen LogP contribution is 2.23. The van der Waals surface area contributed by atoms with Crippen molar-refractivity contribution in [2.24, 2.45) is 5.73 Å². The Hall–Kier alpha value is -1.46. The summed E-state index contributed by atoms with van der Waals surface area (Å²) in [7, 11) is 1.54. The van der Waals surface area contributed by atoms with Crippen molar-refractivity contribution in [2.75, 3.05) is 20.2 Å². The van der Waals surface area contributed by atoms with Crippen molar-refractivity contribution in [3.8, 4) is 5.75 Å². The second-order valence-corrected chi connectivity index (χ2v) is 3.68. The van der Waals surface area contributed by atoms with Gasteiger partial charge in [-0.3, -0.25) is 0 Å². The van der Waals surface area contributed by atoms with Crippen molar-refractivity contribution >= 4 is 17.7 Å². The molecule has 0 aliphatic heterocycles. The largest absolute Gasteiger partial charge is 0.496 e. The van der Waals surface area contributed by atoms with Crippen molar-refractivity contribution in [3.63, 3.8) is 0 Å². The van der Waals surface area contributed by atoms with E-state index in [-0.39, 0.29) is 6.61 Å². The monoisotopic (exact) mass is 258 g/mol. The molecule has 0 aliphatic carbocycles. The molecule has 94 valence electrons. The van der Waals surface area contributed by atoms with Crippen LogP contribution in [0.4, 0.5) is 4.79 Å².